The monoisotopic (exact) mass is 275 g/mol. The van der Waals surface area contributed by atoms with Gasteiger partial charge in [-0.3, -0.25) is 0 Å². The summed E-state index contributed by atoms with van der Waals surface area (Å²) in [6.07, 6.45) is 0. The molecule has 5 heteroatoms. The van der Waals surface area contributed by atoms with Gasteiger partial charge in [-0.15, -0.1) is 0 Å². The molecule has 0 aliphatic carbocycles. The molecular weight excluding hydrogens is 262 g/mol. The fourth-order valence-electron chi connectivity index (χ4n) is 2.35. The topological polar surface area (TPSA) is 66.5 Å². The third-order valence-corrected chi connectivity index (χ3v) is 3.44. The van der Waals surface area contributed by atoms with Crippen LogP contribution in [0.5, 0.6) is 0 Å². The van der Waals surface area contributed by atoms with Crippen molar-refractivity contribution in [2.75, 3.05) is 12.4 Å². The average molecular weight is 275 g/mol. The van der Waals surface area contributed by atoms with Gasteiger partial charge in [0.15, 0.2) is 11.5 Å². The minimum atomic E-state index is 0.687. The first-order chi connectivity index (χ1) is 10.3. The number of para-hydroxylation sites is 1. The Labute approximate surface area is 121 Å². The summed E-state index contributed by atoms with van der Waals surface area (Å²) in [6, 6.07) is 15.9. The van der Waals surface area contributed by atoms with Crippen molar-refractivity contribution in [2.45, 2.75) is 0 Å². The second-order valence-corrected chi connectivity index (χ2v) is 4.79. The number of benzene rings is 1. The smallest absolute Gasteiger partial charge is 0.180 e. The maximum absolute atomic E-state index is 4.65. The number of nitrogens with zero attached hydrogens (tertiary/aromatic N) is 3. The van der Waals surface area contributed by atoms with Gasteiger partial charge in [0.1, 0.15) is 11.5 Å². The summed E-state index contributed by atoms with van der Waals surface area (Å²) in [5.74, 6) is 1.53. The molecule has 0 saturated carbocycles. The average Bonchev–Trinajstić information content (AvgIpc) is 2.97. The van der Waals surface area contributed by atoms with Crippen molar-refractivity contribution in [3.63, 3.8) is 0 Å². The molecule has 0 amide bonds. The van der Waals surface area contributed by atoms with Gasteiger partial charge in [0.05, 0.1) is 11.0 Å². The number of pyridine rings is 2. The first-order valence-corrected chi connectivity index (χ1v) is 6.74. The Morgan fingerprint density at radius 3 is 2.71 bits per heavy atom. The van der Waals surface area contributed by atoms with Crippen LogP contribution in [0.2, 0.25) is 0 Å². The Hall–Kier alpha value is -2.95. The van der Waals surface area contributed by atoms with Gasteiger partial charge in [0.25, 0.3) is 0 Å². The van der Waals surface area contributed by atoms with Crippen LogP contribution in [0.15, 0.2) is 48.5 Å². The first-order valence-electron chi connectivity index (χ1n) is 6.74. The molecule has 0 radical (unpaired) electrons. The van der Waals surface area contributed by atoms with Gasteiger partial charge in [0, 0.05) is 12.4 Å². The number of rotatable bonds is 2. The predicted octanol–water partition coefficient (Wildman–Crippen LogP) is 3.21. The van der Waals surface area contributed by atoms with Crippen LogP contribution in [0.4, 0.5) is 5.82 Å². The molecule has 0 aliphatic rings. The quantitative estimate of drug-likeness (QED) is 0.589. The highest BCUT2D eigenvalue weighted by Gasteiger charge is 2.08. The highest BCUT2D eigenvalue weighted by atomic mass is 15.0. The largest absolute Gasteiger partial charge is 0.373 e. The number of imidazole rings is 1. The summed E-state index contributed by atoms with van der Waals surface area (Å²) in [5.41, 5.74) is 3.36. The van der Waals surface area contributed by atoms with Crippen molar-refractivity contribution < 1.29 is 0 Å². The molecule has 0 fully saturated rings. The van der Waals surface area contributed by atoms with Crippen LogP contribution in [0.1, 0.15) is 0 Å². The van der Waals surface area contributed by atoms with E-state index < -0.39 is 0 Å². The lowest BCUT2D eigenvalue weighted by Crippen LogP contribution is -1.91. The van der Waals surface area contributed by atoms with Crippen molar-refractivity contribution in [3.05, 3.63) is 48.5 Å². The molecule has 3 heterocycles. The predicted molar refractivity (Wildman–Crippen MR) is 84.2 cm³/mol. The summed E-state index contributed by atoms with van der Waals surface area (Å²) >= 11 is 0. The number of fused-ring (bicyclic) bond motifs is 2. The Morgan fingerprint density at radius 1 is 0.905 bits per heavy atom. The lowest BCUT2D eigenvalue weighted by atomic mass is 10.2. The highest BCUT2D eigenvalue weighted by molar-refractivity contribution is 5.82. The minimum Gasteiger partial charge on any atom is -0.373 e. The Kier molecular flexibility index (Phi) is 2.57. The molecule has 0 unspecified atom stereocenters. The van der Waals surface area contributed by atoms with Crippen LogP contribution < -0.4 is 5.32 Å². The van der Waals surface area contributed by atoms with Crippen LogP contribution >= 0.6 is 0 Å². The lowest BCUT2D eigenvalue weighted by molar-refractivity contribution is 1.25. The molecule has 0 spiro atoms. The standard InChI is InChI=1S/C16H13N5/c1-17-14-9-8-13-16(20-14)21-15(19-13)12-7-6-10-4-2-3-5-11(10)18-12/h2-9H,1H3,(H2,17,19,20,21). The molecule has 2 N–H and O–H groups in total. The van der Waals surface area contributed by atoms with Gasteiger partial charge in [0.2, 0.25) is 0 Å². The van der Waals surface area contributed by atoms with E-state index >= 15 is 0 Å². The zero-order valence-corrected chi connectivity index (χ0v) is 11.5. The van der Waals surface area contributed by atoms with Gasteiger partial charge >= 0.3 is 0 Å². The maximum Gasteiger partial charge on any atom is 0.180 e. The van der Waals surface area contributed by atoms with Gasteiger partial charge in [-0.05, 0) is 24.3 Å². The van der Waals surface area contributed by atoms with Crippen LogP contribution in [0.25, 0.3) is 33.6 Å². The third kappa shape index (κ3) is 1.99. The molecule has 4 aromatic rings. The van der Waals surface area contributed by atoms with Crippen molar-refractivity contribution in [1.29, 1.82) is 0 Å². The SMILES string of the molecule is CNc1ccc2[nH]c(-c3ccc4ccccc4n3)nc2n1. The number of H-pyrrole nitrogens is 1. The number of aromatic nitrogens is 4. The van der Waals surface area contributed by atoms with E-state index in [1.807, 2.05) is 49.5 Å². The van der Waals surface area contributed by atoms with E-state index in [4.69, 9.17) is 0 Å². The Morgan fingerprint density at radius 2 is 1.81 bits per heavy atom. The van der Waals surface area contributed by atoms with E-state index in [9.17, 15) is 0 Å². The third-order valence-electron chi connectivity index (χ3n) is 3.44. The number of hydrogen-bond acceptors (Lipinski definition) is 4. The first kappa shape index (κ1) is 11.8. The van der Waals surface area contributed by atoms with Crippen molar-refractivity contribution in [3.8, 4) is 11.5 Å². The molecule has 0 atom stereocenters. The van der Waals surface area contributed by atoms with E-state index in [1.165, 1.54) is 0 Å². The van der Waals surface area contributed by atoms with Crippen LogP contribution in [0, 0.1) is 0 Å². The van der Waals surface area contributed by atoms with Crippen LogP contribution in [-0.4, -0.2) is 27.0 Å². The van der Waals surface area contributed by atoms with E-state index in [-0.39, 0.29) is 0 Å². The lowest BCUT2D eigenvalue weighted by Gasteiger charge is -1.99. The molecular formula is C16H13N5. The minimum absolute atomic E-state index is 0.687. The number of aromatic amines is 1. The van der Waals surface area contributed by atoms with Gasteiger partial charge in [-0.2, -0.15) is 0 Å². The summed E-state index contributed by atoms with van der Waals surface area (Å²) in [6.45, 7) is 0. The summed E-state index contributed by atoms with van der Waals surface area (Å²) < 4.78 is 0. The Bertz CT molecular complexity index is 942. The van der Waals surface area contributed by atoms with Gasteiger partial charge < -0.3 is 10.3 Å². The molecule has 102 valence electrons. The second kappa shape index (κ2) is 4.56. The molecule has 0 bridgehead atoms. The van der Waals surface area contributed by atoms with Gasteiger partial charge in [-0.25, -0.2) is 15.0 Å². The maximum atomic E-state index is 4.65. The number of hydrogen-bond donors (Lipinski definition) is 2. The number of anilines is 1. The zero-order valence-electron chi connectivity index (χ0n) is 11.5. The second-order valence-electron chi connectivity index (χ2n) is 4.79. The van der Waals surface area contributed by atoms with E-state index in [2.05, 4.69) is 31.3 Å². The molecule has 1 aromatic carbocycles. The van der Waals surface area contributed by atoms with E-state index in [1.54, 1.807) is 0 Å². The molecule has 3 aromatic heterocycles. The van der Waals surface area contributed by atoms with Crippen molar-refractivity contribution in [1.82, 2.24) is 19.9 Å². The zero-order chi connectivity index (χ0) is 14.2. The summed E-state index contributed by atoms with van der Waals surface area (Å²) in [7, 11) is 1.84. The summed E-state index contributed by atoms with van der Waals surface area (Å²) in [4.78, 5) is 16.9. The van der Waals surface area contributed by atoms with Crippen molar-refractivity contribution in [2.24, 2.45) is 0 Å². The number of nitrogens with one attached hydrogen (secondary N) is 2. The molecule has 0 aliphatic heterocycles. The molecule has 0 saturated heterocycles. The van der Waals surface area contributed by atoms with E-state index in [0.717, 1.165) is 33.8 Å². The fourth-order valence-corrected chi connectivity index (χ4v) is 2.35. The highest BCUT2D eigenvalue weighted by Crippen LogP contribution is 2.21. The van der Waals surface area contributed by atoms with E-state index in [0.29, 0.717) is 5.65 Å². The normalized spacial score (nSPS) is 11.1. The fraction of sp³-hybridized carbons (Fsp3) is 0.0625. The van der Waals surface area contributed by atoms with Crippen LogP contribution in [-0.2, 0) is 0 Å². The molecule has 4 rings (SSSR count). The van der Waals surface area contributed by atoms with Gasteiger partial charge in [-0.1, -0.05) is 24.3 Å². The van der Waals surface area contributed by atoms with Crippen LogP contribution in [0.3, 0.4) is 0 Å². The Balaban J connectivity index is 1.87. The molecule has 21 heavy (non-hydrogen) atoms. The summed E-state index contributed by atoms with van der Waals surface area (Å²) in [5, 5.41) is 4.13. The molecule has 5 nitrogen and oxygen atoms in total. The van der Waals surface area contributed by atoms with Crippen molar-refractivity contribution >= 4 is 27.9 Å².